The van der Waals surface area contributed by atoms with Crippen LogP contribution in [0, 0.1) is 11.8 Å². The van der Waals surface area contributed by atoms with Crippen molar-refractivity contribution in [3.8, 4) is 11.5 Å². The van der Waals surface area contributed by atoms with E-state index in [1.54, 1.807) is 49.3 Å². The van der Waals surface area contributed by atoms with Gasteiger partial charge in [-0.15, -0.1) is 0 Å². The van der Waals surface area contributed by atoms with Crippen molar-refractivity contribution in [2.24, 2.45) is 17.6 Å². The Morgan fingerprint density at radius 2 is 1.58 bits per heavy atom. The van der Waals surface area contributed by atoms with Crippen LogP contribution >= 0.6 is 0 Å². The molecule has 0 radical (unpaired) electrons. The molecule has 0 bridgehead atoms. The number of rotatable bonds is 6. The van der Waals surface area contributed by atoms with Crippen LogP contribution in [0.3, 0.4) is 0 Å². The lowest BCUT2D eigenvalue weighted by atomic mass is 9.56. The number of anilines is 2. The number of ether oxygens (including phenoxy) is 1. The van der Waals surface area contributed by atoms with E-state index in [-0.39, 0.29) is 23.2 Å². The molecule has 2 aromatic carbocycles. The lowest BCUT2D eigenvalue weighted by Crippen LogP contribution is -2.66. The van der Waals surface area contributed by atoms with Crippen LogP contribution in [0.2, 0.25) is 0 Å². The van der Waals surface area contributed by atoms with Crippen molar-refractivity contribution in [2.45, 2.75) is 24.1 Å². The Kier molecular flexibility index (Phi) is 7.85. The maximum absolute atomic E-state index is 14.2. The molecule has 14 heteroatoms. The maximum atomic E-state index is 14.2. The quantitative estimate of drug-likeness (QED) is 0.182. The molecular weight excluding hydrogens is 586 g/mol. The van der Waals surface area contributed by atoms with Crippen LogP contribution in [0.1, 0.15) is 23.6 Å². The topological polar surface area (TPSA) is 215 Å². The second kappa shape index (κ2) is 11.2. The number of urea groups is 1. The molecule has 0 aromatic heterocycles. The van der Waals surface area contributed by atoms with Crippen LogP contribution in [0.4, 0.5) is 16.2 Å². The molecule has 1 fully saturated rings. The van der Waals surface area contributed by atoms with Crippen molar-refractivity contribution < 1.29 is 44.3 Å². The molecule has 0 aliphatic heterocycles. The molecule has 0 spiro atoms. The number of Topliss-reactive ketones (excluding diaryl/α,β-unsaturated/α-hetero) is 2. The predicted octanol–water partition coefficient (Wildman–Crippen LogP) is 1.68. The highest BCUT2D eigenvalue weighted by molar-refractivity contribution is 6.24. The fourth-order valence-electron chi connectivity index (χ4n) is 6.94. The average Bonchev–Trinajstić information content (AvgIpc) is 2.96. The highest BCUT2D eigenvalue weighted by Crippen LogP contribution is 2.57. The van der Waals surface area contributed by atoms with Gasteiger partial charge < -0.3 is 46.4 Å². The van der Waals surface area contributed by atoms with Crippen LogP contribution in [-0.4, -0.2) is 101 Å². The number of amides is 3. The van der Waals surface area contributed by atoms with Gasteiger partial charge >= 0.3 is 6.03 Å². The van der Waals surface area contributed by atoms with Gasteiger partial charge in [0.1, 0.15) is 28.6 Å². The van der Waals surface area contributed by atoms with E-state index in [0.717, 1.165) is 0 Å². The van der Waals surface area contributed by atoms with Gasteiger partial charge in [-0.25, -0.2) is 4.79 Å². The predicted molar refractivity (Wildman–Crippen MR) is 163 cm³/mol. The summed E-state index contributed by atoms with van der Waals surface area (Å²) < 4.78 is 5.11. The molecule has 3 aliphatic rings. The van der Waals surface area contributed by atoms with Crippen LogP contribution in [0.25, 0.3) is 5.76 Å². The molecule has 2 aromatic rings. The molecule has 3 amide bonds. The summed E-state index contributed by atoms with van der Waals surface area (Å²) in [5.74, 6) is -7.10. The summed E-state index contributed by atoms with van der Waals surface area (Å²) in [5.41, 5.74) is 2.03. The highest BCUT2D eigenvalue weighted by atomic mass is 16.5. The maximum Gasteiger partial charge on any atom is 0.323 e. The van der Waals surface area contributed by atoms with E-state index in [1.807, 2.05) is 0 Å². The summed E-state index contributed by atoms with van der Waals surface area (Å²) in [5, 5.41) is 51.1. The van der Waals surface area contributed by atoms with E-state index in [0.29, 0.717) is 17.0 Å². The fourth-order valence-corrected chi connectivity index (χ4v) is 6.94. The number of nitrogens with two attached hydrogens (primary N) is 1. The Morgan fingerprint density at radius 1 is 0.956 bits per heavy atom. The van der Waals surface area contributed by atoms with Gasteiger partial charge in [0, 0.05) is 29.1 Å². The van der Waals surface area contributed by atoms with Crippen LogP contribution in [0.5, 0.6) is 11.5 Å². The first-order chi connectivity index (χ1) is 21.1. The SMILES string of the molecule is COc1ccc(NC(=O)Nc2ccc3c(c2O)C(O)=C2C(=O)[C@]4(O)C(O)=C(C(N)=O)C(=O)[C@@H](N(C)C)C4CC2C3N(C)C)cc1. The third-order valence-electron chi connectivity index (χ3n) is 8.86. The summed E-state index contributed by atoms with van der Waals surface area (Å²) in [7, 11) is 8.03. The van der Waals surface area contributed by atoms with Crippen LogP contribution in [-0.2, 0) is 14.4 Å². The number of likely N-dealkylation sites (N-methyl/N-ethyl adjacent to an activating group) is 1. The number of methoxy groups -OCH3 is 1. The first kappa shape index (κ1) is 31.5. The smallest absolute Gasteiger partial charge is 0.323 e. The Bertz CT molecular complexity index is 1680. The number of carbonyl (C=O) groups excluding carboxylic acids is 4. The number of hydrogen-bond acceptors (Lipinski definition) is 11. The number of benzene rings is 2. The van der Waals surface area contributed by atoms with Gasteiger partial charge in [-0.3, -0.25) is 19.3 Å². The number of aromatic hydroxyl groups is 1. The average molecular weight is 622 g/mol. The Hall–Kier alpha value is -4.92. The number of phenolic OH excluding ortho intramolecular Hbond substituents is 1. The van der Waals surface area contributed by atoms with E-state index in [4.69, 9.17) is 10.5 Å². The van der Waals surface area contributed by atoms with Crippen LogP contribution in [0.15, 0.2) is 53.3 Å². The molecule has 45 heavy (non-hydrogen) atoms. The number of phenols is 1. The second-order valence-corrected chi connectivity index (χ2v) is 11.8. The Balaban J connectivity index is 1.61. The summed E-state index contributed by atoms with van der Waals surface area (Å²) >= 11 is 0. The highest BCUT2D eigenvalue weighted by Gasteiger charge is 2.65. The molecule has 8 N–H and O–H groups in total. The van der Waals surface area contributed by atoms with Crippen LogP contribution < -0.4 is 21.1 Å². The number of aliphatic hydroxyl groups excluding tert-OH is 2. The summed E-state index contributed by atoms with van der Waals surface area (Å²) in [6.07, 6.45) is -0.0698. The number of carbonyl (C=O) groups is 4. The van der Waals surface area contributed by atoms with Crippen molar-refractivity contribution in [1.82, 2.24) is 9.80 Å². The zero-order valence-electron chi connectivity index (χ0n) is 25.3. The molecule has 238 valence electrons. The molecule has 14 nitrogen and oxygen atoms in total. The largest absolute Gasteiger partial charge is 0.508 e. The molecule has 3 unspecified atom stereocenters. The lowest BCUT2D eigenvalue weighted by molar-refractivity contribution is -0.154. The van der Waals surface area contributed by atoms with Crippen molar-refractivity contribution in [1.29, 1.82) is 0 Å². The van der Waals surface area contributed by atoms with E-state index in [2.05, 4.69) is 10.6 Å². The zero-order valence-corrected chi connectivity index (χ0v) is 25.3. The minimum absolute atomic E-state index is 0.0698. The van der Waals surface area contributed by atoms with E-state index in [1.165, 1.54) is 32.2 Å². The molecule has 0 heterocycles. The molecule has 1 saturated carbocycles. The van der Waals surface area contributed by atoms with E-state index < -0.39 is 75.9 Å². The molecular formula is C31H35N5O9. The lowest BCUT2D eigenvalue weighted by Gasteiger charge is -2.52. The second-order valence-electron chi connectivity index (χ2n) is 11.8. The Labute approximate surface area is 258 Å². The summed E-state index contributed by atoms with van der Waals surface area (Å²) in [6.45, 7) is 0. The van der Waals surface area contributed by atoms with Crippen molar-refractivity contribution in [3.63, 3.8) is 0 Å². The number of hydrogen-bond donors (Lipinski definition) is 7. The third-order valence-corrected chi connectivity index (χ3v) is 8.86. The van der Waals surface area contributed by atoms with Gasteiger partial charge in [0.2, 0.25) is 5.78 Å². The van der Waals surface area contributed by atoms with Gasteiger partial charge in [0.15, 0.2) is 11.4 Å². The first-order valence-electron chi connectivity index (χ1n) is 14.0. The van der Waals surface area contributed by atoms with Gasteiger partial charge in [0.25, 0.3) is 5.91 Å². The molecule has 3 aliphatic carbocycles. The van der Waals surface area contributed by atoms with E-state index >= 15 is 0 Å². The summed E-state index contributed by atoms with van der Waals surface area (Å²) in [6, 6.07) is 7.01. The number of nitrogens with zero attached hydrogens (tertiary/aromatic N) is 2. The number of ketones is 2. The minimum Gasteiger partial charge on any atom is -0.508 e. The minimum atomic E-state index is -2.77. The molecule has 5 atom stereocenters. The van der Waals surface area contributed by atoms with Gasteiger partial charge in [0.05, 0.1) is 24.4 Å². The van der Waals surface area contributed by atoms with E-state index in [9.17, 15) is 39.6 Å². The number of aliphatic hydroxyl groups is 3. The monoisotopic (exact) mass is 621 g/mol. The van der Waals surface area contributed by atoms with Crippen molar-refractivity contribution in [2.75, 3.05) is 45.9 Å². The van der Waals surface area contributed by atoms with Gasteiger partial charge in [-0.1, -0.05) is 6.07 Å². The number of nitrogens with one attached hydrogen (secondary N) is 2. The third kappa shape index (κ3) is 4.77. The zero-order chi connectivity index (χ0) is 33.1. The van der Waals surface area contributed by atoms with Gasteiger partial charge in [-0.2, -0.15) is 0 Å². The standard InChI is InChI=1S/C31H35N5O9/c1-35(2)22-15-10-11-18(34-30(43)33-13-6-8-14(45-5)9-7-13)24(37)19(15)25(38)20-16(22)12-17-23(36(3)4)26(39)21(29(32)42)28(41)31(17,44)27(20)40/h6-11,16-17,22-23,37-38,41,44H,12H2,1-5H3,(H2,32,42)(H2,33,34,43)/t16?,17?,22?,23-,31-/m0/s1. The van der Waals surface area contributed by atoms with Crippen molar-refractivity contribution in [3.05, 3.63) is 64.4 Å². The molecule has 5 rings (SSSR count). The normalized spacial score (nSPS) is 26.0. The number of fused-ring (bicyclic) bond motifs is 3. The fraction of sp³-hybridized carbons (Fsp3) is 0.355. The Morgan fingerprint density at radius 3 is 2.13 bits per heavy atom. The summed E-state index contributed by atoms with van der Waals surface area (Å²) in [4.78, 5) is 55.8. The molecule has 0 saturated heterocycles. The van der Waals surface area contributed by atoms with Gasteiger partial charge in [-0.05, 0) is 70.5 Å². The van der Waals surface area contributed by atoms with Crippen molar-refractivity contribution >= 4 is 40.6 Å². The first-order valence-corrected chi connectivity index (χ1v) is 14.0. The number of primary amides is 1.